The van der Waals surface area contributed by atoms with Gasteiger partial charge in [-0.15, -0.1) is 0 Å². The SMILES string of the molecule is Cn1nc(NC(=O)C(=O)NC(CO)C2CC2)cc1C1CCCC1. The fraction of sp³-hybridized carbons (Fsp3) is 0.688. The van der Waals surface area contributed by atoms with Crippen LogP contribution in [0.25, 0.3) is 0 Å². The summed E-state index contributed by atoms with van der Waals surface area (Å²) in [7, 11) is 1.86. The molecular weight excluding hydrogens is 296 g/mol. The monoisotopic (exact) mass is 320 g/mol. The third-order valence-electron chi connectivity index (χ3n) is 4.84. The van der Waals surface area contributed by atoms with Crippen LogP contribution in [-0.4, -0.2) is 39.4 Å². The number of hydrogen-bond donors (Lipinski definition) is 3. The summed E-state index contributed by atoms with van der Waals surface area (Å²) < 4.78 is 1.78. The van der Waals surface area contributed by atoms with Gasteiger partial charge in [0.05, 0.1) is 12.6 Å². The maximum absolute atomic E-state index is 12.0. The summed E-state index contributed by atoms with van der Waals surface area (Å²) in [5.41, 5.74) is 1.10. The summed E-state index contributed by atoms with van der Waals surface area (Å²) in [6.45, 7) is -0.140. The molecule has 126 valence electrons. The van der Waals surface area contributed by atoms with Crippen molar-refractivity contribution in [2.75, 3.05) is 11.9 Å². The molecule has 1 aromatic heterocycles. The average molecular weight is 320 g/mol. The van der Waals surface area contributed by atoms with Gasteiger partial charge < -0.3 is 15.7 Å². The number of nitrogens with one attached hydrogen (secondary N) is 2. The van der Waals surface area contributed by atoms with Gasteiger partial charge in [0, 0.05) is 24.7 Å². The lowest BCUT2D eigenvalue weighted by molar-refractivity contribution is -0.136. The van der Waals surface area contributed by atoms with E-state index in [-0.39, 0.29) is 12.6 Å². The summed E-state index contributed by atoms with van der Waals surface area (Å²) >= 11 is 0. The molecule has 0 saturated heterocycles. The smallest absolute Gasteiger partial charge is 0.314 e. The van der Waals surface area contributed by atoms with E-state index in [0.29, 0.717) is 17.7 Å². The van der Waals surface area contributed by atoms with Crippen molar-refractivity contribution in [1.82, 2.24) is 15.1 Å². The molecule has 0 bridgehead atoms. The second-order valence-electron chi connectivity index (χ2n) is 6.61. The lowest BCUT2D eigenvalue weighted by Crippen LogP contribution is -2.44. The average Bonchev–Trinajstić information content (AvgIpc) is 3.10. The number of amides is 2. The van der Waals surface area contributed by atoms with Crippen molar-refractivity contribution in [2.24, 2.45) is 13.0 Å². The molecule has 3 N–H and O–H groups in total. The molecule has 0 spiro atoms. The zero-order valence-corrected chi connectivity index (χ0v) is 13.4. The zero-order chi connectivity index (χ0) is 16.4. The number of carbonyl (C=O) groups excluding carboxylic acids is 2. The Bertz CT molecular complexity index is 588. The summed E-state index contributed by atoms with van der Waals surface area (Å²) in [5, 5.41) is 18.7. The molecule has 2 fully saturated rings. The van der Waals surface area contributed by atoms with Gasteiger partial charge in [0.2, 0.25) is 0 Å². The first-order valence-corrected chi connectivity index (χ1v) is 8.35. The summed E-state index contributed by atoms with van der Waals surface area (Å²) in [6, 6.07) is 1.53. The van der Waals surface area contributed by atoms with Crippen LogP contribution in [0.3, 0.4) is 0 Å². The van der Waals surface area contributed by atoms with Crippen molar-refractivity contribution < 1.29 is 14.7 Å². The van der Waals surface area contributed by atoms with Gasteiger partial charge in [-0.2, -0.15) is 5.10 Å². The van der Waals surface area contributed by atoms with Crippen molar-refractivity contribution in [3.8, 4) is 0 Å². The van der Waals surface area contributed by atoms with Crippen LogP contribution in [0, 0.1) is 5.92 Å². The van der Waals surface area contributed by atoms with Crippen molar-refractivity contribution in [1.29, 1.82) is 0 Å². The van der Waals surface area contributed by atoms with Gasteiger partial charge in [0.1, 0.15) is 0 Å². The Morgan fingerprint density at radius 1 is 1.30 bits per heavy atom. The molecule has 1 unspecified atom stereocenters. The van der Waals surface area contributed by atoms with E-state index in [0.717, 1.165) is 31.4 Å². The molecule has 0 aromatic carbocycles. The van der Waals surface area contributed by atoms with Crippen molar-refractivity contribution in [3.63, 3.8) is 0 Å². The second kappa shape index (κ2) is 6.70. The van der Waals surface area contributed by atoms with E-state index in [4.69, 9.17) is 0 Å². The van der Waals surface area contributed by atoms with Crippen LogP contribution >= 0.6 is 0 Å². The van der Waals surface area contributed by atoms with Crippen LogP contribution in [0.4, 0.5) is 5.82 Å². The fourth-order valence-corrected chi connectivity index (χ4v) is 3.36. The number of rotatable bonds is 5. The molecule has 2 saturated carbocycles. The quantitative estimate of drug-likeness (QED) is 0.702. The van der Waals surface area contributed by atoms with E-state index < -0.39 is 11.8 Å². The van der Waals surface area contributed by atoms with Crippen LogP contribution in [0.15, 0.2) is 6.07 Å². The molecular formula is C16H24N4O3. The predicted octanol–water partition coefficient (Wildman–Crippen LogP) is 0.903. The largest absolute Gasteiger partial charge is 0.394 e. The highest BCUT2D eigenvalue weighted by Gasteiger charge is 2.33. The molecule has 1 heterocycles. The number of aryl methyl sites for hydroxylation is 1. The standard InChI is InChI=1S/C16H24N4O3/c1-20-13(11-4-2-3-5-11)8-14(19-20)18-16(23)15(22)17-12(9-21)10-6-7-10/h8,10-12,21H,2-7,9H2,1H3,(H,17,22)(H,18,19,23). The molecule has 1 atom stereocenters. The summed E-state index contributed by atoms with van der Waals surface area (Å²) in [6.07, 6.45) is 6.71. The van der Waals surface area contributed by atoms with Gasteiger partial charge >= 0.3 is 11.8 Å². The maximum Gasteiger partial charge on any atom is 0.314 e. The Morgan fingerprint density at radius 3 is 2.61 bits per heavy atom. The van der Waals surface area contributed by atoms with Gasteiger partial charge in [-0.05, 0) is 31.6 Å². The minimum atomic E-state index is -0.736. The Morgan fingerprint density at radius 2 is 2.00 bits per heavy atom. The molecule has 1 aromatic rings. The highest BCUT2D eigenvalue weighted by atomic mass is 16.3. The lowest BCUT2D eigenvalue weighted by atomic mass is 10.0. The molecule has 0 aliphatic heterocycles. The fourth-order valence-electron chi connectivity index (χ4n) is 3.36. The number of aromatic nitrogens is 2. The van der Waals surface area contributed by atoms with Gasteiger partial charge in [0.25, 0.3) is 0 Å². The minimum Gasteiger partial charge on any atom is -0.394 e. The Kier molecular flexibility index (Phi) is 4.66. The minimum absolute atomic E-state index is 0.140. The predicted molar refractivity (Wildman–Crippen MR) is 84.8 cm³/mol. The molecule has 2 aliphatic carbocycles. The normalized spacial score (nSPS) is 19.6. The lowest BCUT2D eigenvalue weighted by Gasteiger charge is -2.14. The molecule has 2 aliphatic rings. The number of nitrogens with zero attached hydrogens (tertiary/aromatic N) is 2. The topological polar surface area (TPSA) is 96.2 Å². The van der Waals surface area contributed by atoms with Crippen LogP contribution in [-0.2, 0) is 16.6 Å². The molecule has 7 heteroatoms. The van der Waals surface area contributed by atoms with Crippen LogP contribution in [0.5, 0.6) is 0 Å². The van der Waals surface area contributed by atoms with Gasteiger partial charge in [0.15, 0.2) is 5.82 Å². The van der Waals surface area contributed by atoms with E-state index in [9.17, 15) is 14.7 Å². The highest BCUT2D eigenvalue weighted by molar-refractivity contribution is 6.39. The van der Waals surface area contributed by atoms with Crippen molar-refractivity contribution >= 4 is 17.6 Å². The van der Waals surface area contributed by atoms with Gasteiger partial charge in [-0.1, -0.05) is 12.8 Å². The van der Waals surface area contributed by atoms with Crippen molar-refractivity contribution in [2.45, 2.75) is 50.5 Å². The van der Waals surface area contributed by atoms with Crippen LogP contribution in [0.2, 0.25) is 0 Å². The number of carbonyl (C=O) groups is 2. The number of aliphatic hydroxyl groups is 1. The van der Waals surface area contributed by atoms with Crippen molar-refractivity contribution in [3.05, 3.63) is 11.8 Å². The van der Waals surface area contributed by atoms with E-state index >= 15 is 0 Å². The first kappa shape index (κ1) is 16.0. The molecule has 3 rings (SSSR count). The molecule has 7 nitrogen and oxygen atoms in total. The third-order valence-corrected chi connectivity index (χ3v) is 4.84. The summed E-state index contributed by atoms with van der Waals surface area (Å²) in [5.74, 6) is -0.271. The molecule has 2 amide bonds. The Hall–Kier alpha value is -1.89. The van der Waals surface area contributed by atoms with Gasteiger partial charge in [-0.25, -0.2) is 0 Å². The number of hydrogen-bond acceptors (Lipinski definition) is 4. The third kappa shape index (κ3) is 3.72. The van der Waals surface area contributed by atoms with E-state index in [2.05, 4.69) is 15.7 Å². The Balaban J connectivity index is 1.58. The van der Waals surface area contributed by atoms with E-state index in [1.54, 1.807) is 4.68 Å². The van der Waals surface area contributed by atoms with E-state index in [1.807, 2.05) is 13.1 Å². The number of anilines is 1. The summed E-state index contributed by atoms with van der Waals surface area (Å²) in [4.78, 5) is 23.9. The highest BCUT2D eigenvalue weighted by Crippen LogP contribution is 2.34. The van der Waals surface area contributed by atoms with E-state index in [1.165, 1.54) is 12.8 Å². The van der Waals surface area contributed by atoms with Crippen LogP contribution < -0.4 is 10.6 Å². The Labute approximate surface area is 135 Å². The first-order chi connectivity index (χ1) is 11.1. The second-order valence-corrected chi connectivity index (χ2v) is 6.61. The number of aliphatic hydroxyl groups excluding tert-OH is 1. The zero-order valence-electron chi connectivity index (χ0n) is 13.4. The molecule has 0 radical (unpaired) electrons. The first-order valence-electron chi connectivity index (χ1n) is 8.35. The van der Waals surface area contributed by atoms with Crippen LogP contribution in [0.1, 0.15) is 50.1 Å². The molecule has 23 heavy (non-hydrogen) atoms. The maximum atomic E-state index is 12.0. The van der Waals surface area contributed by atoms with Gasteiger partial charge in [-0.3, -0.25) is 14.3 Å².